The Morgan fingerprint density at radius 3 is 2.73 bits per heavy atom. The van der Waals surface area contributed by atoms with Crippen LogP contribution in [-0.4, -0.2) is 76.9 Å². The molecule has 11 heteroatoms. The summed E-state index contributed by atoms with van der Waals surface area (Å²) >= 11 is 0. The van der Waals surface area contributed by atoms with Crippen molar-refractivity contribution >= 4 is 39.8 Å². The molecule has 1 aliphatic carbocycles. The number of allylic oxidation sites excluding steroid dienone is 1. The average molecular weight is 708 g/mol. The summed E-state index contributed by atoms with van der Waals surface area (Å²) in [4.78, 5) is 28.1. The minimum absolute atomic E-state index is 0.0211. The maximum atomic E-state index is 15.0. The first-order valence-corrected chi connectivity index (χ1v) is 17.5. The van der Waals surface area contributed by atoms with Gasteiger partial charge in [-0.05, 0) is 104 Å². The van der Waals surface area contributed by atoms with Crippen molar-refractivity contribution in [3.63, 3.8) is 0 Å². The number of anilines is 2. The molecule has 3 aromatic carbocycles. The second-order valence-electron chi connectivity index (χ2n) is 14.1. The molecule has 52 heavy (non-hydrogen) atoms. The molecule has 2 saturated heterocycles. The Hall–Kier alpha value is -5.50. The number of carbonyl (C=O) groups is 1. The molecule has 7 rings (SSSR count). The van der Waals surface area contributed by atoms with Crippen LogP contribution in [0.3, 0.4) is 0 Å². The van der Waals surface area contributed by atoms with Gasteiger partial charge in [-0.3, -0.25) is 4.79 Å². The fourth-order valence-electron chi connectivity index (χ4n) is 8.04. The van der Waals surface area contributed by atoms with Crippen LogP contribution in [0.2, 0.25) is 0 Å². The van der Waals surface area contributed by atoms with Gasteiger partial charge >= 0.3 is 6.01 Å². The summed E-state index contributed by atoms with van der Waals surface area (Å²) in [6, 6.07) is 12.1. The van der Waals surface area contributed by atoms with E-state index in [-0.39, 0.29) is 54.7 Å². The number of nitrogens with zero attached hydrogens (tertiary/aromatic N) is 5. The standard InChI is InChI=1S/C41H40F3N5O3/c1-5-32-35(44)16-10-26-18-31(50)20-34(38(26)32)25-9-15-33-36(19-25)45-40(46-39(33)47(4)23-30-8-7-17-48(30)37(51)6-2)52-24-41(3)21-28(43)22-49(41)29-13-11-27(42)12-14-29/h1,6,10-14,16,18-20,28,30,50H,2,7-9,15,17,21-24H2,3-4H3/t28-,30+,41+/m1/s1. The molecule has 1 N–H and O–H groups in total. The molecule has 3 heterocycles. The molecule has 1 aromatic heterocycles. The number of amides is 1. The zero-order valence-electron chi connectivity index (χ0n) is 29.2. The van der Waals surface area contributed by atoms with Crippen molar-refractivity contribution in [2.24, 2.45) is 0 Å². The minimum atomic E-state index is -1.11. The van der Waals surface area contributed by atoms with Crippen molar-refractivity contribution < 1.29 is 27.8 Å². The van der Waals surface area contributed by atoms with E-state index in [2.05, 4.69) is 12.5 Å². The second kappa shape index (κ2) is 13.9. The number of ether oxygens (including phenoxy) is 1. The molecule has 0 bridgehead atoms. The van der Waals surface area contributed by atoms with Gasteiger partial charge in [-0.2, -0.15) is 9.97 Å². The number of likely N-dealkylation sites (N-methyl/N-ethyl adjacent to an activating group) is 1. The largest absolute Gasteiger partial charge is 0.508 e. The van der Waals surface area contributed by atoms with Gasteiger partial charge in [0.2, 0.25) is 5.91 Å². The van der Waals surface area contributed by atoms with Gasteiger partial charge < -0.3 is 24.5 Å². The molecule has 0 spiro atoms. The third kappa shape index (κ3) is 6.54. The molecule has 0 unspecified atom stereocenters. The van der Waals surface area contributed by atoms with E-state index >= 15 is 0 Å². The molecule has 268 valence electrons. The maximum absolute atomic E-state index is 15.0. The van der Waals surface area contributed by atoms with Crippen LogP contribution in [0.25, 0.3) is 22.4 Å². The Morgan fingerprint density at radius 1 is 1.19 bits per heavy atom. The van der Waals surface area contributed by atoms with Crippen LogP contribution >= 0.6 is 0 Å². The summed E-state index contributed by atoms with van der Waals surface area (Å²) in [7, 11) is 1.92. The highest BCUT2D eigenvalue weighted by atomic mass is 19.1. The lowest BCUT2D eigenvalue weighted by molar-refractivity contribution is -0.126. The van der Waals surface area contributed by atoms with Crippen LogP contribution in [-0.2, 0) is 11.2 Å². The first kappa shape index (κ1) is 34.9. The van der Waals surface area contributed by atoms with Gasteiger partial charge in [-0.15, -0.1) is 6.42 Å². The molecule has 2 aliphatic heterocycles. The molecule has 4 aromatic rings. The Kier molecular flexibility index (Phi) is 9.34. The highest BCUT2D eigenvalue weighted by molar-refractivity contribution is 6.02. The van der Waals surface area contributed by atoms with Crippen LogP contribution < -0.4 is 14.5 Å². The predicted octanol–water partition coefficient (Wildman–Crippen LogP) is 7.08. The Labute approximate surface area is 301 Å². The topological polar surface area (TPSA) is 82.0 Å². The molecule has 2 fully saturated rings. The van der Waals surface area contributed by atoms with Gasteiger partial charge in [0.1, 0.15) is 36.0 Å². The molecular weight excluding hydrogens is 667 g/mol. The number of hydrogen-bond donors (Lipinski definition) is 1. The summed E-state index contributed by atoms with van der Waals surface area (Å²) in [6.07, 6.45) is 10.9. The normalized spacial score (nSPS) is 21.1. The van der Waals surface area contributed by atoms with Crippen molar-refractivity contribution in [3.05, 3.63) is 95.2 Å². The van der Waals surface area contributed by atoms with E-state index in [9.17, 15) is 23.1 Å². The van der Waals surface area contributed by atoms with E-state index < -0.39 is 17.5 Å². The second-order valence-corrected chi connectivity index (χ2v) is 14.1. The lowest BCUT2D eigenvalue weighted by atomic mass is 9.87. The monoisotopic (exact) mass is 707 g/mol. The fraction of sp³-hybridized carbons (Fsp3) is 0.341. The van der Waals surface area contributed by atoms with E-state index in [1.54, 1.807) is 30.3 Å². The zero-order valence-corrected chi connectivity index (χ0v) is 29.2. The minimum Gasteiger partial charge on any atom is -0.508 e. The quantitative estimate of drug-likeness (QED) is 0.147. The Morgan fingerprint density at radius 2 is 1.98 bits per heavy atom. The number of hydrogen-bond acceptors (Lipinski definition) is 7. The average Bonchev–Trinajstić information content (AvgIpc) is 3.72. The molecule has 3 atom stereocenters. The van der Waals surface area contributed by atoms with E-state index in [0.29, 0.717) is 59.5 Å². The zero-order chi connectivity index (χ0) is 36.7. The molecule has 3 aliphatic rings. The predicted molar refractivity (Wildman–Crippen MR) is 197 cm³/mol. The number of halogens is 3. The highest BCUT2D eigenvalue weighted by Gasteiger charge is 2.43. The third-order valence-corrected chi connectivity index (χ3v) is 10.5. The number of phenols is 1. The molecular formula is C41H40F3N5O3. The van der Waals surface area contributed by atoms with Gasteiger partial charge in [-0.1, -0.05) is 18.6 Å². The molecule has 0 radical (unpaired) electrons. The number of fused-ring (bicyclic) bond motifs is 2. The van der Waals surface area contributed by atoms with Crippen molar-refractivity contribution in [2.45, 2.75) is 56.8 Å². The Balaban J connectivity index is 1.28. The third-order valence-electron chi connectivity index (χ3n) is 10.5. The van der Waals surface area contributed by atoms with Crippen molar-refractivity contribution in [2.75, 3.05) is 43.1 Å². The van der Waals surface area contributed by atoms with Crippen molar-refractivity contribution in [1.82, 2.24) is 14.9 Å². The number of carbonyl (C=O) groups excluding carboxylic acids is 1. The Bertz CT molecular complexity index is 2130. The van der Waals surface area contributed by atoms with E-state index in [4.69, 9.17) is 21.1 Å². The lowest BCUT2D eigenvalue weighted by Crippen LogP contribution is -2.46. The first-order valence-electron chi connectivity index (χ1n) is 17.5. The van der Waals surface area contributed by atoms with E-state index in [1.807, 2.05) is 34.7 Å². The summed E-state index contributed by atoms with van der Waals surface area (Å²) in [5.74, 6) is 2.13. The van der Waals surface area contributed by atoms with Crippen molar-refractivity contribution in [1.29, 1.82) is 0 Å². The van der Waals surface area contributed by atoms with Gasteiger partial charge in [0, 0.05) is 55.8 Å². The SMILES string of the molecule is C#Cc1c(F)ccc2cc(O)cc(C3=Cc4nc(OC[C@]5(C)C[C@@H](F)CN5c5ccc(F)cc5)nc(N(C)C[C@@H]5CCCN5C(=O)C=C)c4CC3)c12. The fourth-order valence-corrected chi connectivity index (χ4v) is 8.04. The van der Waals surface area contributed by atoms with Crippen LogP contribution in [0, 0.1) is 24.0 Å². The van der Waals surface area contributed by atoms with Gasteiger partial charge in [0.05, 0.1) is 16.8 Å². The van der Waals surface area contributed by atoms with Crippen LogP contribution in [0.15, 0.2) is 61.2 Å². The van der Waals surface area contributed by atoms with E-state index in [0.717, 1.165) is 24.0 Å². The number of benzene rings is 3. The smallest absolute Gasteiger partial charge is 0.319 e. The molecule has 8 nitrogen and oxygen atoms in total. The molecule has 1 amide bonds. The maximum Gasteiger partial charge on any atom is 0.319 e. The number of phenolic OH excluding ortho intramolecular Hbond substituents is 1. The van der Waals surface area contributed by atoms with Crippen LogP contribution in [0.5, 0.6) is 11.8 Å². The van der Waals surface area contributed by atoms with Crippen LogP contribution in [0.1, 0.15) is 55.0 Å². The number of alkyl halides is 1. The number of likely N-dealkylation sites (tertiary alicyclic amines) is 1. The lowest BCUT2D eigenvalue weighted by Gasteiger charge is -2.36. The number of aromatic hydroxyl groups is 1. The molecule has 0 saturated carbocycles. The number of terminal acetylenes is 1. The van der Waals surface area contributed by atoms with E-state index in [1.165, 1.54) is 24.3 Å². The first-order chi connectivity index (χ1) is 25.0. The van der Waals surface area contributed by atoms with Crippen molar-refractivity contribution in [3.8, 4) is 24.1 Å². The van der Waals surface area contributed by atoms with Gasteiger partial charge in [0.15, 0.2) is 0 Å². The van der Waals surface area contributed by atoms with Crippen LogP contribution in [0.4, 0.5) is 24.7 Å². The summed E-state index contributed by atoms with van der Waals surface area (Å²) < 4.78 is 50.0. The summed E-state index contributed by atoms with van der Waals surface area (Å²) in [5.41, 5.74) is 2.88. The number of rotatable bonds is 9. The van der Waals surface area contributed by atoms with Gasteiger partial charge in [0.25, 0.3) is 0 Å². The number of aromatic nitrogens is 2. The summed E-state index contributed by atoms with van der Waals surface area (Å²) in [5, 5.41) is 11.8. The summed E-state index contributed by atoms with van der Waals surface area (Å²) in [6.45, 7) is 6.93. The van der Waals surface area contributed by atoms with Gasteiger partial charge in [-0.25, -0.2) is 13.2 Å². The highest BCUT2D eigenvalue weighted by Crippen LogP contribution is 2.41.